The second-order valence-corrected chi connectivity index (χ2v) is 4.53. The van der Waals surface area contributed by atoms with Gasteiger partial charge in [-0.3, -0.25) is 14.4 Å². The second kappa shape index (κ2) is 9.49. The molecule has 0 bridgehead atoms. The van der Waals surface area contributed by atoms with Crippen molar-refractivity contribution in [3.8, 4) is 0 Å². The van der Waals surface area contributed by atoms with Crippen LogP contribution >= 0.6 is 0 Å². The molecule has 0 saturated heterocycles. The molecular formula is C15H19FN2O4. The van der Waals surface area contributed by atoms with E-state index in [4.69, 9.17) is 4.74 Å². The van der Waals surface area contributed by atoms with Crippen molar-refractivity contribution < 1.29 is 23.5 Å². The Bertz CT molecular complexity index is 534. The Morgan fingerprint density at radius 1 is 1.18 bits per heavy atom. The number of nitrogens with one attached hydrogen (secondary N) is 2. The van der Waals surface area contributed by atoms with Gasteiger partial charge in [-0.05, 0) is 18.6 Å². The van der Waals surface area contributed by atoms with Gasteiger partial charge in [0.05, 0.1) is 5.56 Å². The van der Waals surface area contributed by atoms with E-state index in [1.54, 1.807) is 0 Å². The number of ether oxygens (including phenoxy) is 1. The number of carbonyl (C=O) groups excluding carboxylic acids is 3. The van der Waals surface area contributed by atoms with Crippen LogP contribution in [0.3, 0.4) is 0 Å². The largest absolute Gasteiger partial charge is 0.454 e. The number of esters is 1. The summed E-state index contributed by atoms with van der Waals surface area (Å²) in [6.07, 6.45) is 1.79. The maximum Gasteiger partial charge on any atom is 0.325 e. The van der Waals surface area contributed by atoms with Crippen LogP contribution in [0.2, 0.25) is 0 Å². The lowest BCUT2D eigenvalue weighted by Gasteiger charge is -2.07. The van der Waals surface area contributed by atoms with Crippen LogP contribution in [0.4, 0.5) is 4.39 Å². The number of hydrogen-bond acceptors (Lipinski definition) is 4. The zero-order chi connectivity index (χ0) is 16.4. The van der Waals surface area contributed by atoms with Gasteiger partial charge in [-0.2, -0.15) is 0 Å². The molecule has 2 N–H and O–H groups in total. The van der Waals surface area contributed by atoms with Crippen molar-refractivity contribution in [3.63, 3.8) is 0 Å². The molecule has 1 rings (SSSR count). The maximum atomic E-state index is 13.3. The average Bonchev–Trinajstić information content (AvgIpc) is 2.51. The third-order valence-corrected chi connectivity index (χ3v) is 2.73. The number of unbranched alkanes of at least 4 members (excludes halogenated alkanes) is 1. The molecular weight excluding hydrogens is 291 g/mol. The minimum absolute atomic E-state index is 0.160. The monoisotopic (exact) mass is 310 g/mol. The predicted molar refractivity (Wildman–Crippen MR) is 77.6 cm³/mol. The van der Waals surface area contributed by atoms with Gasteiger partial charge in [0.15, 0.2) is 6.61 Å². The number of hydrogen-bond donors (Lipinski definition) is 2. The number of halogens is 1. The average molecular weight is 310 g/mol. The number of amides is 2. The molecule has 0 fully saturated rings. The first-order valence-electron chi connectivity index (χ1n) is 6.99. The molecule has 0 spiro atoms. The molecule has 0 heterocycles. The van der Waals surface area contributed by atoms with E-state index in [9.17, 15) is 18.8 Å². The number of carbonyl (C=O) groups is 3. The molecule has 1 aromatic carbocycles. The molecule has 0 aliphatic heterocycles. The fourth-order valence-electron chi connectivity index (χ4n) is 1.55. The van der Waals surface area contributed by atoms with Gasteiger partial charge in [-0.15, -0.1) is 0 Å². The number of benzene rings is 1. The van der Waals surface area contributed by atoms with Crippen LogP contribution in [0, 0.1) is 5.82 Å². The minimum atomic E-state index is -0.768. The lowest BCUT2D eigenvalue weighted by atomic mass is 10.2. The van der Waals surface area contributed by atoms with Crippen molar-refractivity contribution in [1.82, 2.24) is 10.6 Å². The summed E-state index contributed by atoms with van der Waals surface area (Å²) >= 11 is 0. The first-order valence-corrected chi connectivity index (χ1v) is 6.99. The van der Waals surface area contributed by atoms with E-state index in [0.29, 0.717) is 6.54 Å². The van der Waals surface area contributed by atoms with Crippen LogP contribution in [0.25, 0.3) is 0 Å². The van der Waals surface area contributed by atoms with Gasteiger partial charge in [0.1, 0.15) is 12.4 Å². The molecule has 0 unspecified atom stereocenters. The summed E-state index contributed by atoms with van der Waals surface area (Å²) in [6, 6.07) is 5.42. The standard InChI is InChI=1S/C15H19FN2O4/c1-2-3-8-17-13(19)10-22-14(20)9-18-15(21)11-6-4-5-7-12(11)16/h4-7H,2-3,8-10H2,1H3,(H,17,19)(H,18,21). The molecule has 0 aliphatic carbocycles. The Balaban J connectivity index is 2.27. The normalized spacial score (nSPS) is 9.91. The maximum absolute atomic E-state index is 13.3. The third kappa shape index (κ3) is 6.34. The van der Waals surface area contributed by atoms with Gasteiger partial charge >= 0.3 is 5.97 Å². The molecule has 0 saturated carbocycles. The van der Waals surface area contributed by atoms with Gasteiger partial charge < -0.3 is 15.4 Å². The molecule has 0 aromatic heterocycles. The Morgan fingerprint density at radius 3 is 2.59 bits per heavy atom. The molecule has 2 amide bonds. The minimum Gasteiger partial charge on any atom is -0.454 e. The van der Waals surface area contributed by atoms with Crippen molar-refractivity contribution in [2.45, 2.75) is 19.8 Å². The summed E-state index contributed by atoms with van der Waals surface area (Å²) in [5.74, 6) is -2.57. The first-order chi connectivity index (χ1) is 10.5. The van der Waals surface area contributed by atoms with Gasteiger partial charge in [-0.25, -0.2) is 4.39 Å². The topological polar surface area (TPSA) is 84.5 Å². The highest BCUT2D eigenvalue weighted by atomic mass is 19.1. The summed E-state index contributed by atoms with van der Waals surface area (Å²) < 4.78 is 18.0. The summed E-state index contributed by atoms with van der Waals surface area (Å²) in [7, 11) is 0. The molecule has 7 heteroatoms. The summed E-state index contributed by atoms with van der Waals surface area (Å²) in [6.45, 7) is 1.68. The molecule has 1 aromatic rings. The third-order valence-electron chi connectivity index (χ3n) is 2.73. The van der Waals surface area contributed by atoms with Crippen molar-refractivity contribution in [1.29, 1.82) is 0 Å². The van der Waals surface area contributed by atoms with Crippen LogP contribution in [-0.2, 0) is 14.3 Å². The van der Waals surface area contributed by atoms with Crippen LogP contribution < -0.4 is 10.6 Å². The van der Waals surface area contributed by atoms with E-state index in [1.807, 2.05) is 6.92 Å². The van der Waals surface area contributed by atoms with Gasteiger partial charge in [0.2, 0.25) is 0 Å². The summed E-state index contributed by atoms with van der Waals surface area (Å²) in [4.78, 5) is 34.3. The van der Waals surface area contributed by atoms with Crippen LogP contribution in [-0.4, -0.2) is 37.5 Å². The van der Waals surface area contributed by atoms with E-state index >= 15 is 0 Å². The smallest absolute Gasteiger partial charge is 0.325 e. The number of rotatable bonds is 8. The summed E-state index contributed by atoms with van der Waals surface area (Å²) in [5, 5.41) is 4.81. The lowest BCUT2D eigenvalue weighted by Crippen LogP contribution is -2.34. The van der Waals surface area contributed by atoms with Crippen molar-refractivity contribution in [2.24, 2.45) is 0 Å². The molecule has 0 aliphatic rings. The Kier molecular flexibility index (Phi) is 7.60. The first kappa shape index (κ1) is 17.6. The second-order valence-electron chi connectivity index (χ2n) is 4.53. The van der Waals surface area contributed by atoms with Gasteiger partial charge in [0.25, 0.3) is 11.8 Å². The highest BCUT2D eigenvalue weighted by molar-refractivity contribution is 5.96. The predicted octanol–water partition coefficient (Wildman–Crippen LogP) is 1.02. The van der Waals surface area contributed by atoms with E-state index in [0.717, 1.165) is 18.9 Å². The van der Waals surface area contributed by atoms with Crippen molar-refractivity contribution in [3.05, 3.63) is 35.6 Å². The lowest BCUT2D eigenvalue weighted by molar-refractivity contribution is -0.147. The van der Waals surface area contributed by atoms with E-state index in [1.165, 1.54) is 18.2 Å². The molecule has 0 atom stereocenters. The van der Waals surface area contributed by atoms with Crippen LogP contribution in [0.15, 0.2) is 24.3 Å². The SMILES string of the molecule is CCCCNC(=O)COC(=O)CNC(=O)c1ccccc1F. The Hall–Kier alpha value is -2.44. The molecule has 120 valence electrons. The quantitative estimate of drug-likeness (QED) is 0.554. The molecule has 22 heavy (non-hydrogen) atoms. The fraction of sp³-hybridized carbons (Fsp3) is 0.400. The molecule has 0 radical (unpaired) electrons. The summed E-state index contributed by atoms with van der Waals surface area (Å²) in [5.41, 5.74) is -0.160. The van der Waals surface area contributed by atoms with Crippen LogP contribution in [0.5, 0.6) is 0 Å². The zero-order valence-electron chi connectivity index (χ0n) is 12.4. The van der Waals surface area contributed by atoms with Gasteiger partial charge in [0, 0.05) is 6.54 Å². The zero-order valence-corrected chi connectivity index (χ0v) is 12.4. The van der Waals surface area contributed by atoms with E-state index in [2.05, 4.69) is 10.6 Å². The highest BCUT2D eigenvalue weighted by Gasteiger charge is 2.13. The van der Waals surface area contributed by atoms with Crippen LogP contribution in [0.1, 0.15) is 30.1 Å². The molecule has 6 nitrogen and oxygen atoms in total. The van der Waals surface area contributed by atoms with Crippen molar-refractivity contribution >= 4 is 17.8 Å². The Morgan fingerprint density at radius 2 is 1.91 bits per heavy atom. The Labute approximate surface area is 128 Å². The van der Waals surface area contributed by atoms with E-state index < -0.39 is 36.8 Å². The van der Waals surface area contributed by atoms with E-state index in [-0.39, 0.29) is 5.56 Å². The van der Waals surface area contributed by atoms with Gasteiger partial charge in [-0.1, -0.05) is 25.5 Å². The highest BCUT2D eigenvalue weighted by Crippen LogP contribution is 2.05. The fourth-order valence-corrected chi connectivity index (χ4v) is 1.55. The van der Waals surface area contributed by atoms with Crippen molar-refractivity contribution in [2.75, 3.05) is 19.7 Å².